The first-order valence-electron chi connectivity index (χ1n) is 7.84. The molecule has 1 unspecified atom stereocenters. The standard InChI is InChI=1S/C15H24N2O5S/c1-16-12(18)7-8-17-13(19)10-11(15(17)22)23-9-5-3-2-4-6-14(20)21/h11H,2-10H2,1H3,(H,16,18)(H,20,21). The third-order valence-corrected chi connectivity index (χ3v) is 4.94. The van der Waals surface area contributed by atoms with E-state index in [0.717, 1.165) is 25.0 Å². The summed E-state index contributed by atoms with van der Waals surface area (Å²) in [6.07, 6.45) is 3.90. The first-order valence-corrected chi connectivity index (χ1v) is 8.88. The third-order valence-electron chi connectivity index (χ3n) is 3.65. The summed E-state index contributed by atoms with van der Waals surface area (Å²) < 4.78 is 0. The molecule has 0 spiro atoms. The lowest BCUT2D eigenvalue weighted by molar-refractivity contribution is -0.139. The number of unbranched alkanes of at least 4 members (excludes halogenated alkanes) is 3. The van der Waals surface area contributed by atoms with Crippen LogP contribution in [0, 0.1) is 0 Å². The molecule has 7 nitrogen and oxygen atoms in total. The summed E-state index contributed by atoms with van der Waals surface area (Å²) in [5.41, 5.74) is 0. The van der Waals surface area contributed by atoms with Gasteiger partial charge in [0.05, 0.1) is 5.25 Å². The number of likely N-dealkylation sites (tertiary alicyclic amines) is 1. The van der Waals surface area contributed by atoms with Crippen molar-refractivity contribution in [3.05, 3.63) is 0 Å². The van der Waals surface area contributed by atoms with E-state index < -0.39 is 5.97 Å². The molecule has 2 N–H and O–H groups in total. The molecule has 1 heterocycles. The number of carbonyl (C=O) groups is 4. The number of aliphatic carboxylic acids is 1. The van der Waals surface area contributed by atoms with E-state index in [1.807, 2.05) is 0 Å². The van der Waals surface area contributed by atoms with Crippen LogP contribution in [0.3, 0.4) is 0 Å². The highest BCUT2D eigenvalue weighted by atomic mass is 32.2. The van der Waals surface area contributed by atoms with Crippen molar-refractivity contribution in [3.8, 4) is 0 Å². The smallest absolute Gasteiger partial charge is 0.303 e. The van der Waals surface area contributed by atoms with Crippen LogP contribution in [0.15, 0.2) is 0 Å². The van der Waals surface area contributed by atoms with Crippen LogP contribution in [0.2, 0.25) is 0 Å². The summed E-state index contributed by atoms with van der Waals surface area (Å²) >= 11 is 1.48. The predicted molar refractivity (Wildman–Crippen MR) is 87.0 cm³/mol. The fraction of sp³-hybridized carbons (Fsp3) is 0.733. The van der Waals surface area contributed by atoms with Gasteiger partial charge in [0, 0.05) is 32.9 Å². The number of carboxylic acids is 1. The van der Waals surface area contributed by atoms with E-state index in [4.69, 9.17) is 5.11 Å². The molecular formula is C15H24N2O5S. The van der Waals surface area contributed by atoms with Gasteiger partial charge in [-0.25, -0.2) is 0 Å². The zero-order valence-corrected chi connectivity index (χ0v) is 14.2. The number of nitrogens with one attached hydrogen (secondary N) is 1. The Balaban J connectivity index is 2.20. The summed E-state index contributed by atoms with van der Waals surface area (Å²) in [7, 11) is 1.52. The number of thioether (sulfide) groups is 1. The van der Waals surface area contributed by atoms with E-state index in [1.165, 1.54) is 23.7 Å². The summed E-state index contributed by atoms with van der Waals surface area (Å²) in [4.78, 5) is 46.7. The van der Waals surface area contributed by atoms with Crippen LogP contribution in [0.5, 0.6) is 0 Å². The molecule has 0 radical (unpaired) electrons. The number of hydrogen-bond donors (Lipinski definition) is 2. The van der Waals surface area contributed by atoms with Crippen LogP contribution in [-0.4, -0.2) is 58.3 Å². The minimum atomic E-state index is -0.772. The van der Waals surface area contributed by atoms with Crippen molar-refractivity contribution in [2.24, 2.45) is 0 Å². The maximum absolute atomic E-state index is 12.1. The van der Waals surface area contributed by atoms with E-state index in [1.54, 1.807) is 0 Å². The normalized spacial score (nSPS) is 17.6. The fourth-order valence-corrected chi connectivity index (χ4v) is 3.50. The number of rotatable bonds is 11. The second-order valence-corrected chi connectivity index (χ2v) is 6.74. The van der Waals surface area contributed by atoms with Gasteiger partial charge in [0.1, 0.15) is 0 Å². The van der Waals surface area contributed by atoms with Crippen LogP contribution in [0.1, 0.15) is 44.9 Å². The van der Waals surface area contributed by atoms with Gasteiger partial charge >= 0.3 is 5.97 Å². The molecule has 130 valence electrons. The maximum atomic E-state index is 12.1. The largest absolute Gasteiger partial charge is 0.481 e. The van der Waals surface area contributed by atoms with Gasteiger partial charge in [-0.3, -0.25) is 24.1 Å². The summed E-state index contributed by atoms with van der Waals surface area (Å²) in [6.45, 7) is 0.142. The molecule has 1 aliphatic heterocycles. The Morgan fingerprint density at radius 3 is 2.57 bits per heavy atom. The zero-order valence-electron chi connectivity index (χ0n) is 13.4. The average Bonchev–Trinajstić information content (AvgIpc) is 2.77. The number of imide groups is 1. The van der Waals surface area contributed by atoms with Crippen LogP contribution in [0.25, 0.3) is 0 Å². The van der Waals surface area contributed by atoms with Gasteiger partial charge in [-0.15, -0.1) is 11.8 Å². The molecule has 0 aromatic heterocycles. The molecule has 0 aromatic rings. The van der Waals surface area contributed by atoms with Crippen molar-refractivity contribution < 1.29 is 24.3 Å². The Kier molecular flexibility index (Phi) is 8.68. The molecule has 3 amide bonds. The van der Waals surface area contributed by atoms with Crippen molar-refractivity contribution in [2.45, 2.75) is 50.2 Å². The molecule has 1 saturated heterocycles. The van der Waals surface area contributed by atoms with Gasteiger partial charge in [0.15, 0.2) is 0 Å². The van der Waals surface area contributed by atoms with Gasteiger partial charge in [0.2, 0.25) is 17.7 Å². The van der Waals surface area contributed by atoms with Crippen LogP contribution in [0.4, 0.5) is 0 Å². The van der Waals surface area contributed by atoms with Crippen molar-refractivity contribution in [1.29, 1.82) is 0 Å². The molecule has 1 fully saturated rings. The molecule has 0 aliphatic carbocycles. The Morgan fingerprint density at radius 2 is 1.91 bits per heavy atom. The summed E-state index contributed by atoms with van der Waals surface area (Å²) in [5, 5.41) is 10.7. The van der Waals surface area contributed by atoms with Crippen LogP contribution in [-0.2, 0) is 19.2 Å². The number of carboxylic acid groups (broad SMARTS) is 1. The molecule has 1 atom stereocenters. The molecule has 8 heteroatoms. The van der Waals surface area contributed by atoms with Gasteiger partial charge in [-0.05, 0) is 18.6 Å². The zero-order chi connectivity index (χ0) is 17.2. The van der Waals surface area contributed by atoms with Crippen LogP contribution < -0.4 is 5.32 Å². The Bertz CT molecular complexity index is 455. The molecule has 23 heavy (non-hydrogen) atoms. The Hall–Kier alpha value is -1.57. The Morgan fingerprint density at radius 1 is 1.22 bits per heavy atom. The fourth-order valence-electron chi connectivity index (χ4n) is 2.31. The number of nitrogens with zero attached hydrogens (tertiary/aromatic N) is 1. The number of carbonyl (C=O) groups excluding carboxylic acids is 3. The molecule has 1 rings (SSSR count). The van der Waals surface area contributed by atoms with Crippen LogP contribution >= 0.6 is 11.8 Å². The second kappa shape index (κ2) is 10.3. The first-order chi connectivity index (χ1) is 11.0. The van der Waals surface area contributed by atoms with E-state index >= 15 is 0 Å². The van der Waals surface area contributed by atoms with Crippen molar-refractivity contribution in [1.82, 2.24) is 10.2 Å². The highest BCUT2D eigenvalue weighted by Crippen LogP contribution is 2.26. The molecule has 0 aromatic carbocycles. The highest BCUT2D eigenvalue weighted by molar-refractivity contribution is 8.00. The Labute approximate surface area is 140 Å². The van der Waals surface area contributed by atoms with Crippen molar-refractivity contribution in [2.75, 3.05) is 19.3 Å². The van der Waals surface area contributed by atoms with E-state index in [2.05, 4.69) is 5.32 Å². The van der Waals surface area contributed by atoms with Gasteiger partial charge in [-0.2, -0.15) is 0 Å². The maximum Gasteiger partial charge on any atom is 0.303 e. The minimum absolute atomic E-state index is 0.134. The van der Waals surface area contributed by atoms with Crippen molar-refractivity contribution in [3.63, 3.8) is 0 Å². The topological polar surface area (TPSA) is 104 Å². The molecule has 0 bridgehead atoms. The number of hydrogen-bond acceptors (Lipinski definition) is 5. The van der Waals surface area contributed by atoms with Gasteiger partial charge in [-0.1, -0.05) is 12.8 Å². The quantitative estimate of drug-likeness (QED) is 0.428. The minimum Gasteiger partial charge on any atom is -0.481 e. The summed E-state index contributed by atoms with van der Waals surface area (Å²) in [6, 6.07) is 0. The lowest BCUT2D eigenvalue weighted by atomic mass is 10.2. The predicted octanol–water partition coefficient (Wildman–Crippen LogP) is 1.02. The molecular weight excluding hydrogens is 320 g/mol. The van der Waals surface area contributed by atoms with E-state index in [-0.39, 0.29) is 48.8 Å². The monoisotopic (exact) mass is 344 g/mol. The molecule has 0 saturated carbocycles. The SMILES string of the molecule is CNC(=O)CCN1C(=O)CC(SCCCCCCC(=O)O)C1=O. The average molecular weight is 344 g/mol. The summed E-state index contributed by atoms with van der Waals surface area (Å²) in [5.74, 6) is -0.595. The van der Waals surface area contributed by atoms with E-state index in [9.17, 15) is 19.2 Å². The van der Waals surface area contributed by atoms with Crippen molar-refractivity contribution >= 4 is 35.5 Å². The number of amides is 3. The van der Waals surface area contributed by atoms with Gasteiger partial charge < -0.3 is 10.4 Å². The van der Waals surface area contributed by atoms with Gasteiger partial charge in [0.25, 0.3) is 0 Å². The van der Waals surface area contributed by atoms with E-state index in [0.29, 0.717) is 6.42 Å². The molecule has 1 aliphatic rings. The first kappa shape index (κ1) is 19.5. The lowest BCUT2D eigenvalue weighted by Crippen LogP contribution is -2.34. The lowest BCUT2D eigenvalue weighted by Gasteiger charge is -2.14. The second-order valence-electron chi connectivity index (χ2n) is 5.43. The highest BCUT2D eigenvalue weighted by Gasteiger charge is 2.38. The third kappa shape index (κ3) is 7.02.